The molecule has 1 N–H and O–H groups in total. The molecule has 0 radical (unpaired) electrons. The van der Waals surface area contributed by atoms with Gasteiger partial charge in [0.1, 0.15) is 0 Å². The highest BCUT2D eigenvalue weighted by Gasteiger charge is 2.14. The zero-order chi connectivity index (χ0) is 14.0. The molecule has 0 aliphatic rings. The van der Waals surface area contributed by atoms with Gasteiger partial charge in [0.05, 0.1) is 11.3 Å². The van der Waals surface area contributed by atoms with E-state index in [2.05, 4.69) is 42.3 Å². The lowest BCUT2D eigenvalue weighted by molar-refractivity contribution is 0.102. The van der Waals surface area contributed by atoms with Gasteiger partial charge in [-0.05, 0) is 40.0 Å². The number of rotatable bonds is 3. The Morgan fingerprint density at radius 1 is 1.32 bits per heavy atom. The maximum atomic E-state index is 12.1. The topological polar surface area (TPSA) is 55.1 Å². The maximum absolute atomic E-state index is 12.1. The number of anilines is 1. The first-order chi connectivity index (χ1) is 8.97. The van der Waals surface area contributed by atoms with E-state index < -0.39 is 0 Å². The van der Waals surface area contributed by atoms with Crippen molar-refractivity contribution in [1.29, 1.82) is 0 Å². The van der Waals surface area contributed by atoms with E-state index in [1.54, 1.807) is 18.2 Å². The van der Waals surface area contributed by atoms with Crippen molar-refractivity contribution in [3.8, 4) is 0 Å². The van der Waals surface area contributed by atoms with Gasteiger partial charge in [-0.3, -0.25) is 10.1 Å². The first-order valence-corrected chi connectivity index (χ1v) is 7.29. The van der Waals surface area contributed by atoms with E-state index >= 15 is 0 Å². The second-order valence-electron chi connectivity index (χ2n) is 4.35. The summed E-state index contributed by atoms with van der Waals surface area (Å²) in [6, 6.07) is 7.12. The van der Waals surface area contributed by atoms with Gasteiger partial charge in [0, 0.05) is 15.0 Å². The fourth-order valence-corrected chi connectivity index (χ4v) is 2.26. The molecule has 1 aromatic carbocycles. The second-order valence-corrected chi connectivity index (χ2v) is 6.12. The number of amides is 1. The molecule has 0 atom stereocenters. The van der Waals surface area contributed by atoms with Crippen LogP contribution in [0, 0.1) is 0 Å². The quantitative estimate of drug-likeness (QED) is 0.838. The Bertz CT molecular complexity index is 608. The fourth-order valence-electron chi connectivity index (χ4n) is 1.47. The van der Waals surface area contributed by atoms with Gasteiger partial charge >= 0.3 is 0 Å². The summed E-state index contributed by atoms with van der Waals surface area (Å²) < 4.78 is 6.63. The Morgan fingerprint density at radius 3 is 2.68 bits per heavy atom. The minimum Gasteiger partial charge on any atom is -0.338 e. The molecule has 2 aromatic rings. The number of hydrogen-bond acceptors (Lipinski definition) is 3. The van der Waals surface area contributed by atoms with Crippen LogP contribution in [0.25, 0.3) is 0 Å². The molecule has 1 amide bonds. The van der Waals surface area contributed by atoms with Crippen LogP contribution in [0.3, 0.4) is 0 Å². The molecule has 0 unspecified atom stereocenters. The van der Waals surface area contributed by atoms with Crippen LogP contribution in [-0.2, 0) is 0 Å². The number of aromatic nitrogens is 1. The molecule has 0 spiro atoms. The van der Waals surface area contributed by atoms with Crippen LogP contribution in [0.2, 0.25) is 0 Å². The Morgan fingerprint density at radius 2 is 2.05 bits per heavy atom. The molecule has 0 aliphatic carbocycles. The molecule has 19 heavy (non-hydrogen) atoms. The van der Waals surface area contributed by atoms with Gasteiger partial charge in [-0.15, -0.1) is 0 Å². The highest BCUT2D eigenvalue weighted by molar-refractivity contribution is 9.11. The lowest BCUT2D eigenvalue weighted by Gasteiger charge is -2.04. The molecule has 0 fully saturated rings. The fraction of sp³-hybridized carbons (Fsp3) is 0.231. The standard InChI is InChI=1S/C13H12Br2N2O2/c1-7(2)11-6-12(19-17-11)16-13(18)9-5-8(14)3-4-10(9)15/h3-7H,1-2H3,(H,16,18). The first-order valence-electron chi connectivity index (χ1n) is 5.70. The van der Waals surface area contributed by atoms with E-state index in [9.17, 15) is 4.79 Å². The zero-order valence-corrected chi connectivity index (χ0v) is 13.6. The third-order valence-corrected chi connectivity index (χ3v) is 3.71. The number of hydrogen-bond donors (Lipinski definition) is 1. The van der Waals surface area contributed by atoms with Gasteiger partial charge in [0.15, 0.2) is 0 Å². The van der Waals surface area contributed by atoms with Crippen LogP contribution in [0.15, 0.2) is 37.7 Å². The molecule has 2 rings (SSSR count). The van der Waals surface area contributed by atoms with Crippen LogP contribution in [0.1, 0.15) is 35.8 Å². The largest absolute Gasteiger partial charge is 0.338 e. The molecular formula is C13H12Br2N2O2. The molecule has 4 nitrogen and oxygen atoms in total. The second kappa shape index (κ2) is 5.88. The van der Waals surface area contributed by atoms with Crippen molar-refractivity contribution in [1.82, 2.24) is 5.16 Å². The van der Waals surface area contributed by atoms with Crippen molar-refractivity contribution in [2.24, 2.45) is 0 Å². The molecule has 100 valence electrons. The first kappa shape index (κ1) is 14.3. The molecule has 0 aliphatic heterocycles. The molecule has 6 heteroatoms. The lowest BCUT2D eigenvalue weighted by atomic mass is 10.1. The highest BCUT2D eigenvalue weighted by atomic mass is 79.9. The van der Waals surface area contributed by atoms with Gasteiger partial charge in [0.2, 0.25) is 5.88 Å². The van der Waals surface area contributed by atoms with Crippen LogP contribution >= 0.6 is 31.9 Å². The third-order valence-electron chi connectivity index (χ3n) is 2.53. The van der Waals surface area contributed by atoms with Gasteiger partial charge in [0.25, 0.3) is 5.91 Å². The monoisotopic (exact) mass is 386 g/mol. The Hall–Kier alpha value is -1.14. The van der Waals surface area contributed by atoms with E-state index in [0.29, 0.717) is 11.4 Å². The van der Waals surface area contributed by atoms with Crippen molar-refractivity contribution in [3.63, 3.8) is 0 Å². The Labute approximate surface area is 127 Å². The zero-order valence-electron chi connectivity index (χ0n) is 10.4. The van der Waals surface area contributed by atoms with Crippen molar-refractivity contribution in [3.05, 3.63) is 44.5 Å². The van der Waals surface area contributed by atoms with E-state index in [0.717, 1.165) is 14.6 Å². The minimum atomic E-state index is -0.250. The van der Waals surface area contributed by atoms with E-state index in [4.69, 9.17) is 4.52 Å². The van der Waals surface area contributed by atoms with Crippen LogP contribution in [-0.4, -0.2) is 11.1 Å². The number of carbonyl (C=O) groups is 1. The molecule has 1 heterocycles. The van der Waals surface area contributed by atoms with E-state index in [1.807, 2.05) is 19.9 Å². The molecular weight excluding hydrogens is 376 g/mol. The molecule has 0 bridgehead atoms. The highest BCUT2D eigenvalue weighted by Crippen LogP contribution is 2.23. The number of nitrogens with one attached hydrogen (secondary N) is 1. The normalized spacial score (nSPS) is 10.8. The van der Waals surface area contributed by atoms with Crippen molar-refractivity contribution >= 4 is 43.7 Å². The van der Waals surface area contributed by atoms with E-state index in [-0.39, 0.29) is 11.8 Å². The Kier molecular flexibility index (Phi) is 4.42. The van der Waals surface area contributed by atoms with Gasteiger partial charge in [-0.25, -0.2) is 0 Å². The molecule has 0 saturated carbocycles. The summed E-state index contributed by atoms with van der Waals surface area (Å²) >= 11 is 6.68. The van der Waals surface area contributed by atoms with Crippen molar-refractivity contribution in [2.45, 2.75) is 19.8 Å². The summed E-state index contributed by atoms with van der Waals surface area (Å²) in [5.74, 6) is 0.354. The van der Waals surface area contributed by atoms with E-state index in [1.165, 1.54) is 0 Å². The molecule has 1 aromatic heterocycles. The summed E-state index contributed by atoms with van der Waals surface area (Å²) in [4.78, 5) is 12.1. The maximum Gasteiger partial charge on any atom is 0.259 e. The summed E-state index contributed by atoms with van der Waals surface area (Å²) in [5.41, 5.74) is 1.33. The Balaban J connectivity index is 2.18. The number of carbonyl (C=O) groups excluding carboxylic acids is 1. The van der Waals surface area contributed by atoms with Crippen LogP contribution < -0.4 is 5.32 Å². The average molecular weight is 388 g/mol. The predicted octanol–water partition coefficient (Wildman–Crippen LogP) is 4.58. The molecule has 0 saturated heterocycles. The van der Waals surface area contributed by atoms with Crippen molar-refractivity contribution in [2.75, 3.05) is 5.32 Å². The van der Waals surface area contributed by atoms with Gasteiger partial charge in [-0.1, -0.05) is 34.9 Å². The third kappa shape index (κ3) is 3.45. The predicted molar refractivity (Wildman–Crippen MR) is 80.4 cm³/mol. The number of benzene rings is 1. The van der Waals surface area contributed by atoms with Gasteiger partial charge < -0.3 is 4.52 Å². The number of halogens is 2. The number of nitrogens with zero attached hydrogens (tertiary/aromatic N) is 1. The van der Waals surface area contributed by atoms with Crippen LogP contribution in [0.4, 0.5) is 5.88 Å². The summed E-state index contributed by atoms with van der Waals surface area (Å²) in [5, 5.41) is 6.57. The van der Waals surface area contributed by atoms with Gasteiger partial charge in [-0.2, -0.15) is 0 Å². The summed E-state index contributed by atoms with van der Waals surface area (Å²) in [6.45, 7) is 4.02. The smallest absolute Gasteiger partial charge is 0.259 e. The summed E-state index contributed by atoms with van der Waals surface area (Å²) in [6.07, 6.45) is 0. The van der Waals surface area contributed by atoms with Crippen molar-refractivity contribution < 1.29 is 9.32 Å². The summed E-state index contributed by atoms with van der Waals surface area (Å²) in [7, 11) is 0. The average Bonchev–Trinajstić information content (AvgIpc) is 2.80. The lowest BCUT2D eigenvalue weighted by Crippen LogP contribution is -2.12. The SMILES string of the molecule is CC(C)c1cc(NC(=O)c2cc(Br)ccc2Br)on1. The minimum absolute atomic E-state index is 0.250. The van der Waals surface area contributed by atoms with Crippen LogP contribution in [0.5, 0.6) is 0 Å².